The highest BCUT2D eigenvalue weighted by molar-refractivity contribution is 5.90. The van der Waals surface area contributed by atoms with E-state index in [2.05, 4.69) is 20.5 Å². The average molecular weight is 256 g/mol. The van der Waals surface area contributed by atoms with Gasteiger partial charge in [-0.1, -0.05) is 6.92 Å². The van der Waals surface area contributed by atoms with Gasteiger partial charge in [0.15, 0.2) is 6.29 Å². The van der Waals surface area contributed by atoms with Crippen LogP contribution in [0.3, 0.4) is 0 Å². The number of aryl methyl sites for hydroxylation is 1. The highest BCUT2D eigenvalue weighted by Crippen LogP contribution is 2.01. The number of carbonyl (C=O) groups excluding carboxylic acids is 1. The Morgan fingerprint density at radius 2 is 2.11 bits per heavy atom. The summed E-state index contributed by atoms with van der Waals surface area (Å²) in [5, 5.41) is 9.32. The lowest BCUT2D eigenvalue weighted by Gasteiger charge is -2.21. The molecule has 102 valence electrons. The molecule has 1 rings (SSSR count). The van der Waals surface area contributed by atoms with Crippen molar-refractivity contribution in [3.05, 3.63) is 11.6 Å². The van der Waals surface area contributed by atoms with Gasteiger partial charge in [-0.15, -0.1) is 5.10 Å². The molecule has 1 atom stereocenters. The molecule has 2 N–H and O–H groups in total. The van der Waals surface area contributed by atoms with Crippen LogP contribution in [-0.2, 0) is 15.9 Å². The maximum atomic E-state index is 11.8. The molecule has 18 heavy (non-hydrogen) atoms. The fourth-order valence-electron chi connectivity index (χ4n) is 1.59. The normalized spacial score (nSPS) is 12.7. The van der Waals surface area contributed by atoms with Gasteiger partial charge in [0.05, 0.1) is 6.04 Å². The van der Waals surface area contributed by atoms with Crippen molar-refractivity contribution in [2.24, 2.45) is 0 Å². The van der Waals surface area contributed by atoms with Crippen molar-refractivity contribution in [1.82, 2.24) is 20.5 Å². The van der Waals surface area contributed by atoms with E-state index in [1.807, 2.05) is 6.92 Å². The lowest BCUT2D eigenvalue weighted by Crippen LogP contribution is -2.43. The molecule has 0 aliphatic heterocycles. The van der Waals surface area contributed by atoms with Crippen LogP contribution in [0, 0.1) is 0 Å². The summed E-state index contributed by atoms with van der Waals surface area (Å²) >= 11 is 0. The van der Waals surface area contributed by atoms with E-state index < -0.39 is 6.29 Å². The number of methoxy groups -OCH3 is 2. The second kappa shape index (κ2) is 7.07. The van der Waals surface area contributed by atoms with E-state index in [9.17, 15) is 4.79 Å². The van der Waals surface area contributed by atoms with Gasteiger partial charge in [-0.05, 0) is 13.3 Å². The number of aromatic amines is 1. The van der Waals surface area contributed by atoms with Crippen LogP contribution in [0.2, 0.25) is 0 Å². The van der Waals surface area contributed by atoms with Crippen LogP contribution in [0.1, 0.15) is 36.7 Å². The van der Waals surface area contributed by atoms with Gasteiger partial charge in [-0.2, -0.15) is 0 Å². The maximum Gasteiger partial charge on any atom is 0.291 e. The number of aromatic nitrogens is 3. The first kappa shape index (κ1) is 14.6. The van der Waals surface area contributed by atoms with Gasteiger partial charge >= 0.3 is 0 Å². The molecule has 1 aromatic heterocycles. The average Bonchev–Trinajstić information content (AvgIpc) is 2.79. The van der Waals surface area contributed by atoms with Gasteiger partial charge < -0.3 is 14.8 Å². The fourth-order valence-corrected chi connectivity index (χ4v) is 1.59. The zero-order valence-corrected chi connectivity index (χ0v) is 11.2. The zero-order chi connectivity index (χ0) is 13.5. The molecular formula is C11H20N4O3. The SMILES string of the molecule is CCCc1nc(C(=O)NC(C)C(OC)OC)n[nH]1. The van der Waals surface area contributed by atoms with Crippen LogP contribution in [0.5, 0.6) is 0 Å². The summed E-state index contributed by atoms with van der Waals surface area (Å²) in [6, 6.07) is -0.291. The summed E-state index contributed by atoms with van der Waals surface area (Å²) in [5.74, 6) is 0.502. The Hall–Kier alpha value is -1.47. The van der Waals surface area contributed by atoms with E-state index in [4.69, 9.17) is 9.47 Å². The smallest absolute Gasteiger partial charge is 0.291 e. The Bertz CT molecular complexity index is 376. The Labute approximate surface area is 106 Å². The predicted octanol–water partition coefficient (Wildman–Crippen LogP) is 0.494. The topological polar surface area (TPSA) is 89.1 Å². The third-order valence-corrected chi connectivity index (χ3v) is 2.45. The summed E-state index contributed by atoms with van der Waals surface area (Å²) in [7, 11) is 3.03. The molecule has 1 amide bonds. The van der Waals surface area contributed by atoms with Gasteiger partial charge in [-0.3, -0.25) is 9.89 Å². The summed E-state index contributed by atoms with van der Waals surface area (Å²) in [4.78, 5) is 15.9. The number of hydrogen-bond donors (Lipinski definition) is 2. The highest BCUT2D eigenvalue weighted by atomic mass is 16.7. The largest absolute Gasteiger partial charge is 0.354 e. The van der Waals surface area contributed by atoms with Crippen molar-refractivity contribution in [2.75, 3.05) is 14.2 Å². The summed E-state index contributed by atoms with van der Waals surface area (Å²) in [6.07, 6.45) is 1.22. The van der Waals surface area contributed by atoms with E-state index in [1.54, 1.807) is 6.92 Å². The Kier molecular flexibility index (Phi) is 5.73. The molecule has 0 radical (unpaired) electrons. The number of hydrogen-bond acceptors (Lipinski definition) is 5. The van der Waals surface area contributed by atoms with Crippen LogP contribution >= 0.6 is 0 Å². The Balaban J connectivity index is 2.58. The van der Waals surface area contributed by atoms with Crippen molar-refractivity contribution in [3.63, 3.8) is 0 Å². The van der Waals surface area contributed by atoms with Crippen LogP contribution in [0.25, 0.3) is 0 Å². The lowest BCUT2D eigenvalue weighted by molar-refractivity contribution is -0.117. The Morgan fingerprint density at radius 3 is 2.67 bits per heavy atom. The van der Waals surface area contributed by atoms with Gasteiger partial charge in [0.25, 0.3) is 5.91 Å². The van der Waals surface area contributed by atoms with E-state index >= 15 is 0 Å². The molecule has 0 aromatic carbocycles. The molecule has 0 aliphatic carbocycles. The molecule has 0 saturated heterocycles. The maximum absolute atomic E-state index is 11.8. The Morgan fingerprint density at radius 1 is 1.44 bits per heavy atom. The van der Waals surface area contributed by atoms with Crippen LogP contribution in [0.15, 0.2) is 0 Å². The van der Waals surface area contributed by atoms with E-state index in [0.717, 1.165) is 12.8 Å². The number of rotatable bonds is 7. The zero-order valence-electron chi connectivity index (χ0n) is 11.2. The second-order valence-electron chi connectivity index (χ2n) is 3.96. The van der Waals surface area contributed by atoms with E-state index in [1.165, 1.54) is 14.2 Å². The van der Waals surface area contributed by atoms with Crippen molar-refractivity contribution < 1.29 is 14.3 Å². The monoisotopic (exact) mass is 256 g/mol. The summed E-state index contributed by atoms with van der Waals surface area (Å²) in [5.41, 5.74) is 0. The standard InChI is InChI=1S/C11H20N4O3/c1-5-6-8-13-9(15-14-8)10(16)12-7(2)11(17-3)18-4/h7,11H,5-6H2,1-4H3,(H,12,16)(H,13,14,15). The number of amides is 1. The van der Waals surface area contributed by atoms with Crippen LogP contribution in [0.4, 0.5) is 0 Å². The predicted molar refractivity (Wildman–Crippen MR) is 65.1 cm³/mol. The molecule has 0 bridgehead atoms. The molecule has 7 heteroatoms. The second-order valence-corrected chi connectivity index (χ2v) is 3.96. The molecule has 0 spiro atoms. The molecule has 7 nitrogen and oxygen atoms in total. The van der Waals surface area contributed by atoms with Gasteiger partial charge in [-0.25, -0.2) is 4.98 Å². The van der Waals surface area contributed by atoms with Crippen LogP contribution < -0.4 is 5.32 Å². The number of carbonyl (C=O) groups is 1. The van der Waals surface area contributed by atoms with Crippen LogP contribution in [-0.4, -0.2) is 47.6 Å². The first-order chi connectivity index (χ1) is 8.62. The van der Waals surface area contributed by atoms with Crippen molar-refractivity contribution in [3.8, 4) is 0 Å². The molecule has 1 unspecified atom stereocenters. The quantitative estimate of drug-likeness (QED) is 0.693. The van der Waals surface area contributed by atoms with Crippen molar-refractivity contribution in [2.45, 2.75) is 39.0 Å². The number of ether oxygens (including phenoxy) is 2. The summed E-state index contributed by atoms with van der Waals surface area (Å²) < 4.78 is 10.1. The van der Waals surface area contributed by atoms with Crippen molar-refractivity contribution in [1.29, 1.82) is 0 Å². The van der Waals surface area contributed by atoms with Gasteiger partial charge in [0.1, 0.15) is 5.82 Å². The van der Waals surface area contributed by atoms with Crippen molar-refractivity contribution >= 4 is 5.91 Å². The number of nitrogens with zero attached hydrogens (tertiary/aromatic N) is 2. The third kappa shape index (κ3) is 3.78. The third-order valence-electron chi connectivity index (χ3n) is 2.45. The fraction of sp³-hybridized carbons (Fsp3) is 0.727. The number of nitrogens with one attached hydrogen (secondary N) is 2. The molecule has 1 heterocycles. The molecule has 0 fully saturated rings. The van der Waals surface area contributed by atoms with Gasteiger partial charge in [0, 0.05) is 20.6 Å². The summed E-state index contributed by atoms with van der Waals surface area (Å²) in [6.45, 7) is 3.82. The molecule has 1 aromatic rings. The molecular weight excluding hydrogens is 236 g/mol. The first-order valence-electron chi connectivity index (χ1n) is 5.90. The minimum absolute atomic E-state index is 0.135. The molecule has 0 aliphatic rings. The highest BCUT2D eigenvalue weighted by Gasteiger charge is 2.20. The van der Waals surface area contributed by atoms with E-state index in [0.29, 0.717) is 5.82 Å². The number of H-pyrrole nitrogens is 1. The minimum atomic E-state index is -0.497. The minimum Gasteiger partial charge on any atom is -0.354 e. The molecule has 0 saturated carbocycles. The van der Waals surface area contributed by atoms with Gasteiger partial charge in [0.2, 0.25) is 5.82 Å². The lowest BCUT2D eigenvalue weighted by atomic mass is 10.3. The van der Waals surface area contributed by atoms with E-state index in [-0.39, 0.29) is 17.8 Å². The first-order valence-corrected chi connectivity index (χ1v) is 5.90.